The second-order valence-electron chi connectivity index (χ2n) is 3.22. The Labute approximate surface area is 99.9 Å². The van der Waals surface area contributed by atoms with Gasteiger partial charge in [-0.25, -0.2) is 0 Å². The summed E-state index contributed by atoms with van der Waals surface area (Å²) in [5.74, 6) is 0.107. The number of carbonyl (C=O) groups excluding carboxylic acids is 1. The average Bonchev–Trinajstić information content (AvgIpc) is 2.75. The van der Waals surface area contributed by atoms with Crippen LogP contribution in [0.3, 0.4) is 0 Å². The summed E-state index contributed by atoms with van der Waals surface area (Å²) in [5, 5.41) is 6.03. The molecule has 0 N–H and O–H groups in total. The van der Waals surface area contributed by atoms with E-state index in [1.54, 1.807) is 4.68 Å². The molecule has 0 aliphatic carbocycles. The van der Waals surface area contributed by atoms with E-state index in [-0.39, 0.29) is 5.78 Å². The van der Waals surface area contributed by atoms with Crippen molar-refractivity contribution in [2.24, 2.45) is 7.05 Å². The van der Waals surface area contributed by atoms with Crippen LogP contribution in [0, 0.1) is 0 Å². The highest BCUT2D eigenvalue weighted by atomic mass is 79.9. The highest BCUT2D eigenvalue weighted by Crippen LogP contribution is 2.21. The van der Waals surface area contributed by atoms with Crippen LogP contribution >= 0.6 is 27.3 Å². The number of aromatic nitrogens is 2. The van der Waals surface area contributed by atoms with Crippen molar-refractivity contribution in [1.29, 1.82) is 0 Å². The quantitative estimate of drug-likeness (QED) is 0.813. The second-order valence-corrected chi connectivity index (χ2v) is 5.51. The van der Waals surface area contributed by atoms with Gasteiger partial charge < -0.3 is 0 Å². The molecule has 0 saturated heterocycles. The smallest absolute Gasteiger partial charge is 0.169 e. The molecule has 0 radical (unpaired) electrons. The van der Waals surface area contributed by atoms with Crippen LogP contribution in [0.1, 0.15) is 16.1 Å². The first-order valence-corrected chi connectivity index (χ1v) is 6.08. The molecule has 2 rings (SSSR count). The molecule has 0 spiro atoms. The Bertz CT molecular complexity index is 489. The summed E-state index contributed by atoms with van der Waals surface area (Å²) < 4.78 is 2.68. The zero-order valence-electron chi connectivity index (χ0n) is 8.11. The van der Waals surface area contributed by atoms with E-state index in [1.165, 1.54) is 11.3 Å². The van der Waals surface area contributed by atoms with Crippen LogP contribution in [-0.2, 0) is 13.5 Å². The number of halogens is 1. The molecule has 0 unspecified atom stereocenters. The Morgan fingerprint density at radius 2 is 2.47 bits per heavy atom. The SMILES string of the molecule is Cn1ccc(CC(=O)c2csc(Br)c2)n1. The van der Waals surface area contributed by atoms with E-state index in [0.717, 1.165) is 15.0 Å². The third-order valence-corrected chi connectivity index (χ3v) is 3.50. The molecule has 0 saturated carbocycles. The monoisotopic (exact) mass is 284 g/mol. The second kappa shape index (κ2) is 4.28. The van der Waals surface area contributed by atoms with E-state index < -0.39 is 0 Å². The van der Waals surface area contributed by atoms with Crippen molar-refractivity contribution in [3.8, 4) is 0 Å². The molecular formula is C10H9BrN2OS. The third kappa shape index (κ3) is 2.54. The lowest BCUT2D eigenvalue weighted by molar-refractivity contribution is 0.0992. The molecule has 5 heteroatoms. The number of hydrogen-bond donors (Lipinski definition) is 0. The molecule has 0 fully saturated rings. The molecule has 15 heavy (non-hydrogen) atoms. The van der Waals surface area contributed by atoms with Gasteiger partial charge in [0.15, 0.2) is 5.78 Å². The summed E-state index contributed by atoms with van der Waals surface area (Å²) in [7, 11) is 1.84. The Balaban J connectivity index is 2.10. The number of Topliss-reactive ketones (excluding diaryl/α,β-unsaturated/α-hetero) is 1. The van der Waals surface area contributed by atoms with Crippen LogP contribution in [0.4, 0.5) is 0 Å². The first-order chi connectivity index (χ1) is 7.15. The first-order valence-electron chi connectivity index (χ1n) is 4.41. The average molecular weight is 285 g/mol. The van der Waals surface area contributed by atoms with E-state index in [9.17, 15) is 4.79 Å². The summed E-state index contributed by atoms with van der Waals surface area (Å²) in [6.07, 6.45) is 2.20. The molecule has 78 valence electrons. The largest absolute Gasteiger partial charge is 0.294 e. The van der Waals surface area contributed by atoms with E-state index >= 15 is 0 Å². The number of aryl methyl sites for hydroxylation is 1. The molecular weight excluding hydrogens is 276 g/mol. The molecule has 3 nitrogen and oxygen atoms in total. The topological polar surface area (TPSA) is 34.9 Å². The fourth-order valence-corrected chi connectivity index (χ4v) is 2.44. The minimum absolute atomic E-state index is 0.107. The van der Waals surface area contributed by atoms with Crippen LogP contribution < -0.4 is 0 Å². The van der Waals surface area contributed by atoms with Crippen LogP contribution in [0.15, 0.2) is 27.5 Å². The normalized spacial score (nSPS) is 10.5. The number of nitrogens with zero attached hydrogens (tertiary/aromatic N) is 2. The fraction of sp³-hybridized carbons (Fsp3) is 0.200. The lowest BCUT2D eigenvalue weighted by Gasteiger charge is -1.93. The van der Waals surface area contributed by atoms with Gasteiger partial charge in [-0.15, -0.1) is 11.3 Å². The number of ketones is 1. The summed E-state index contributed by atoms with van der Waals surface area (Å²) in [4.78, 5) is 11.8. The molecule has 0 atom stereocenters. The Morgan fingerprint density at radius 1 is 1.67 bits per heavy atom. The van der Waals surface area contributed by atoms with Gasteiger partial charge in [-0.1, -0.05) is 0 Å². The van der Waals surface area contributed by atoms with Crippen LogP contribution in [0.25, 0.3) is 0 Å². The van der Waals surface area contributed by atoms with E-state index in [2.05, 4.69) is 21.0 Å². The molecule has 2 heterocycles. The maximum atomic E-state index is 11.8. The summed E-state index contributed by atoms with van der Waals surface area (Å²) in [6, 6.07) is 3.70. The highest BCUT2D eigenvalue weighted by Gasteiger charge is 2.10. The van der Waals surface area contributed by atoms with Gasteiger partial charge in [0.2, 0.25) is 0 Å². The maximum absolute atomic E-state index is 11.8. The van der Waals surface area contributed by atoms with Gasteiger partial charge in [0.25, 0.3) is 0 Å². The minimum Gasteiger partial charge on any atom is -0.294 e. The van der Waals surface area contributed by atoms with Crippen LogP contribution in [-0.4, -0.2) is 15.6 Å². The van der Waals surface area contributed by atoms with E-state index in [4.69, 9.17) is 0 Å². The number of carbonyl (C=O) groups is 1. The number of hydrogen-bond acceptors (Lipinski definition) is 3. The van der Waals surface area contributed by atoms with Gasteiger partial charge >= 0.3 is 0 Å². The molecule has 0 amide bonds. The Hall–Kier alpha value is -0.940. The zero-order valence-corrected chi connectivity index (χ0v) is 10.5. The maximum Gasteiger partial charge on any atom is 0.169 e. The molecule has 0 aliphatic heterocycles. The Morgan fingerprint density at radius 3 is 3.00 bits per heavy atom. The number of thiophene rings is 1. The Kier molecular flexibility index (Phi) is 3.02. The molecule has 0 aromatic carbocycles. The zero-order chi connectivity index (χ0) is 10.8. The lowest BCUT2D eigenvalue weighted by Crippen LogP contribution is -2.03. The van der Waals surface area contributed by atoms with Crippen molar-refractivity contribution in [2.45, 2.75) is 6.42 Å². The van der Waals surface area contributed by atoms with Crippen molar-refractivity contribution >= 4 is 33.0 Å². The standard InChI is InChI=1S/C10H9BrN2OS/c1-13-3-2-8(12-13)5-9(14)7-4-10(11)15-6-7/h2-4,6H,5H2,1H3. The van der Waals surface area contributed by atoms with Crippen LogP contribution in [0.2, 0.25) is 0 Å². The summed E-state index contributed by atoms with van der Waals surface area (Å²) >= 11 is 4.86. The predicted molar refractivity (Wildman–Crippen MR) is 63.3 cm³/mol. The highest BCUT2D eigenvalue weighted by molar-refractivity contribution is 9.11. The first kappa shape index (κ1) is 10.6. The summed E-state index contributed by atoms with van der Waals surface area (Å²) in [5.41, 5.74) is 1.56. The predicted octanol–water partition coefficient (Wildman–Crippen LogP) is 2.67. The van der Waals surface area contributed by atoms with Crippen molar-refractivity contribution in [3.63, 3.8) is 0 Å². The van der Waals surface area contributed by atoms with Gasteiger partial charge in [0, 0.05) is 24.2 Å². The molecule has 0 aliphatic rings. The van der Waals surface area contributed by atoms with E-state index in [0.29, 0.717) is 6.42 Å². The molecule has 0 bridgehead atoms. The third-order valence-electron chi connectivity index (χ3n) is 2.00. The van der Waals surface area contributed by atoms with Crippen molar-refractivity contribution in [2.75, 3.05) is 0 Å². The molecule has 2 aromatic rings. The van der Waals surface area contributed by atoms with Gasteiger partial charge in [0.1, 0.15) is 0 Å². The van der Waals surface area contributed by atoms with Crippen molar-refractivity contribution < 1.29 is 4.79 Å². The lowest BCUT2D eigenvalue weighted by atomic mass is 10.1. The van der Waals surface area contributed by atoms with Gasteiger partial charge in [-0.05, 0) is 28.1 Å². The summed E-state index contributed by atoms with van der Waals surface area (Å²) in [6.45, 7) is 0. The van der Waals surface area contributed by atoms with Gasteiger partial charge in [-0.3, -0.25) is 9.48 Å². The van der Waals surface area contributed by atoms with Gasteiger partial charge in [-0.2, -0.15) is 5.10 Å². The van der Waals surface area contributed by atoms with Crippen molar-refractivity contribution in [3.05, 3.63) is 38.8 Å². The molecule has 2 aromatic heterocycles. The van der Waals surface area contributed by atoms with Crippen LogP contribution in [0.5, 0.6) is 0 Å². The van der Waals surface area contributed by atoms with Crippen molar-refractivity contribution in [1.82, 2.24) is 9.78 Å². The fourth-order valence-electron chi connectivity index (χ4n) is 1.28. The minimum atomic E-state index is 0.107. The van der Waals surface area contributed by atoms with E-state index in [1.807, 2.05) is 30.8 Å². The van der Waals surface area contributed by atoms with Gasteiger partial charge in [0.05, 0.1) is 15.9 Å². The number of rotatable bonds is 3.